The summed E-state index contributed by atoms with van der Waals surface area (Å²) < 4.78 is 1.53. The number of rotatable bonds is 7. The highest BCUT2D eigenvalue weighted by Crippen LogP contribution is 2.12. The SMILES string of the molecule is CCCC(N)c1cn(CC(=O)NC(C)(C)CC)nn1. The van der Waals surface area contributed by atoms with Crippen LogP contribution in [-0.4, -0.2) is 26.4 Å². The van der Waals surface area contributed by atoms with Gasteiger partial charge in [-0.05, 0) is 26.7 Å². The summed E-state index contributed by atoms with van der Waals surface area (Å²) in [5.74, 6) is -0.0626. The van der Waals surface area contributed by atoms with Crippen LogP contribution in [0.3, 0.4) is 0 Å². The molecule has 0 spiro atoms. The molecule has 3 N–H and O–H groups in total. The molecule has 1 aromatic rings. The maximum atomic E-state index is 11.9. The van der Waals surface area contributed by atoms with E-state index >= 15 is 0 Å². The number of carbonyl (C=O) groups is 1. The highest BCUT2D eigenvalue weighted by atomic mass is 16.2. The Balaban J connectivity index is 2.56. The van der Waals surface area contributed by atoms with Crippen molar-refractivity contribution in [2.45, 2.75) is 65.1 Å². The first kappa shape index (κ1) is 15.6. The van der Waals surface area contributed by atoms with Gasteiger partial charge in [-0.3, -0.25) is 4.79 Å². The molecule has 1 unspecified atom stereocenters. The van der Waals surface area contributed by atoms with Gasteiger partial charge in [0, 0.05) is 5.54 Å². The number of hydrogen-bond acceptors (Lipinski definition) is 4. The minimum absolute atomic E-state index is 0.0626. The molecule has 108 valence electrons. The van der Waals surface area contributed by atoms with E-state index < -0.39 is 0 Å². The average molecular weight is 267 g/mol. The Kier molecular flexibility index (Phi) is 5.47. The smallest absolute Gasteiger partial charge is 0.242 e. The number of hydrogen-bond donors (Lipinski definition) is 2. The molecule has 6 heteroatoms. The molecule has 1 rings (SSSR count). The van der Waals surface area contributed by atoms with Gasteiger partial charge in [-0.15, -0.1) is 5.10 Å². The van der Waals surface area contributed by atoms with Crippen LogP contribution in [0.1, 0.15) is 58.7 Å². The summed E-state index contributed by atoms with van der Waals surface area (Å²) >= 11 is 0. The molecule has 1 amide bonds. The quantitative estimate of drug-likeness (QED) is 0.781. The number of carbonyl (C=O) groups excluding carboxylic acids is 1. The maximum absolute atomic E-state index is 11.9. The molecule has 1 aromatic heterocycles. The monoisotopic (exact) mass is 267 g/mol. The third kappa shape index (κ3) is 4.98. The Morgan fingerprint density at radius 2 is 2.21 bits per heavy atom. The fourth-order valence-corrected chi connectivity index (χ4v) is 1.67. The Morgan fingerprint density at radius 1 is 1.53 bits per heavy atom. The Labute approximate surface area is 114 Å². The van der Waals surface area contributed by atoms with Crippen molar-refractivity contribution in [3.63, 3.8) is 0 Å². The Bertz CT molecular complexity index is 413. The van der Waals surface area contributed by atoms with Crippen molar-refractivity contribution in [2.24, 2.45) is 5.73 Å². The summed E-state index contributed by atoms with van der Waals surface area (Å²) in [6, 6.07) is -0.103. The fourth-order valence-electron chi connectivity index (χ4n) is 1.67. The van der Waals surface area contributed by atoms with E-state index in [-0.39, 0.29) is 24.0 Å². The number of nitrogens with zero attached hydrogens (tertiary/aromatic N) is 3. The zero-order valence-electron chi connectivity index (χ0n) is 12.3. The van der Waals surface area contributed by atoms with Crippen LogP contribution in [0.4, 0.5) is 0 Å². The zero-order valence-corrected chi connectivity index (χ0v) is 12.3. The zero-order chi connectivity index (χ0) is 14.5. The summed E-state index contributed by atoms with van der Waals surface area (Å²) in [4.78, 5) is 11.9. The van der Waals surface area contributed by atoms with Gasteiger partial charge in [0.25, 0.3) is 0 Å². The third-order valence-corrected chi connectivity index (χ3v) is 3.20. The predicted octanol–water partition coefficient (Wildman–Crippen LogP) is 1.38. The molecular weight excluding hydrogens is 242 g/mol. The molecule has 6 nitrogen and oxygen atoms in total. The molecule has 0 radical (unpaired) electrons. The van der Waals surface area contributed by atoms with Crippen molar-refractivity contribution in [2.75, 3.05) is 0 Å². The van der Waals surface area contributed by atoms with Gasteiger partial charge in [-0.25, -0.2) is 4.68 Å². The van der Waals surface area contributed by atoms with Gasteiger partial charge >= 0.3 is 0 Å². The molecule has 0 fully saturated rings. The van der Waals surface area contributed by atoms with Crippen LogP contribution in [-0.2, 0) is 11.3 Å². The van der Waals surface area contributed by atoms with Gasteiger partial charge in [0.15, 0.2) is 0 Å². The van der Waals surface area contributed by atoms with E-state index in [9.17, 15) is 4.79 Å². The third-order valence-electron chi connectivity index (χ3n) is 3.20. The fraction of sp³-hybridized carbons (Fsp3) is 0.769. The average Bonchev–Trinajstić information content (AvgIpc) is 2.77. The lowest BCUT2D eigenvalue weighted by atomic mass is 10.0. The Morgan fingerprint density at radius 3 is 2.79 bits per heavy atom. The second-order valence-corrected chi connectivity index (χ2v) is 5.52. The van der Waals surface area contributed by atoms with E-state index in [1.807, 2.05) is 20.8 Å². The van der Waals surface area contributed by atoms with E-state index in [0.717, 1.165) is 25.0 Å². The first-order valence-electron chi connectivity index (χ1n) is 6.84. The van der Waals surface area contributed by atoms with Crippen molar-refractivity contribution < 1.29 is 4.79 Å². The molecule has 0 aliphatic carbocycles. The maximum Gasteiger partial charge on any atom is 0.242 e. The lowest BCUT2D eigenvalue weighted by molar-refractivity contribution is -0.123. The van der Waals surface area contributed by atoms with Gasteiger partial charge < -0.3 is 11.1 Å². The van der Waals surface area contributed by atoms with E-state index in [1.165, 1.54) is 4.68 Å². The second kappa shape index (κ2) is 6.65. The molecule has 19 heavy (non-hydrogen) atoms. The number of aromatic nitrogens is 3. The van der Waals surface area contributed by atoms with Crippen molar-refractivity contribution in [3.8, 4) is 0 Å². The van der Waals surface area contributed by atoms with Crippen LogP contribution in [0.15, 0.2) is 6.20 Å². The second-order valence-electron chi connectivity index (χ2n) is 5.52. The summed E-state index contributed by atoms with van der Waals surface area (Å²) in [7, 11) is 0. The largest absolute Gasteiger partial charge is 0.350 e. The number of nitrogens with two attached hydrogens (primary N) is 1. The van der Waals surface area contributed by atoms with Crippen molar-refractivity contribution in [3.05, 3.63) is 11.9 Å². The van der Waals surface area contributed by atoms with Crippen LogP contribution < -0.4 is 11.1 Å². The van der Waals surface area contributed by atoms with E-state index in [1.54, 1.807) is 6.20 Å². The molecule has 0 aromatic carbocycles. The van der Waals surface area contributed by atoms with Crippen LogP contribution in [0.2, 0.25) is 0 Å². The summed E-state index contributed by atoms with van der Waals surface area (Å²) in [5.41, 5.74) is 6.50. The van der Waals surface area contributed by atoms with Crippen molar-refractivity contribution in [1.29, 1.82) is 0 Å². The normalized spacial score (nSPS) is 13.3. The van der Waals surface area contributed by atoms with Crippen LogP contribution in [0, 0.1) is 0 Å². The molecule has 0 aliphatic heterocycles. The first-order chi connectivity index (χ1) is 8.88. The molecule has 0 aliphatic rings. The standard InChI is InChI=1S/C13H25N5O/c1-5-7-10(14)11-8-18(17-16-11)9-12(19)15-13(3,4)6-2/h8,10H,5-7,9,14H2,1-4H3,(H,15,19). The van der Waals surface area contributed by atoms with E-state index in [4.69, 9.17) is 5.73 Å². The van der Waals surface area contributed by atoms with Gasteiger partial charge in [0.1, 0.15) is 6.54 Å². The van der Waals surface area contributed by atoms with Crippen LogP contribution >= 0.6 is 0 Å². The lowest BCUT2D eigenvalue weighted by Crippen LogP contribution is -2.44. The van der Waals surface area contributed by atoms with Gasteiger partial charge in [-0.2, -0.15) is 0 Å². The minimum Gasteiger partial charge on any atom is -0.350 e. The molecule has 0 saturated heterocycles. The lowest BCUT2D eigenvalue weighted by Gasteiger charge is -2.24. The van der Waals surface area contributed by atoms with Crippen molar-refractivity contribution >= 4 is 5.91 Å². The van der Waals surface area contributed by atoms with Gasteiger partial charge in [0.05, 0.1) is 17.9 Å². The molecule has 0 saturated carbocycles. The topological polar surface area (TPSA) is 85.8 Å². The molecule has 0 bridgehead atoms. The van der Waals surface area contributed by atoms with Crippen LogP contribution in [0.25, 0.3) is 0 Å². The predicted molar refractivity (Wildman–Crippen MR) is 74.4 cm³/mol. The highest BCUT2D eigenvalue weighted by Gasteiger charge is 2.18. The minimum atomic E-state index is -0.195. The molecular formula is C13H25N5O. The summed E-state index contributed by atoms with van der Waals surface area (Å²) in [6.45, 7) is 8.28. The highest BCUT2D eigenvalue weighted by molar-refractivity contribution is 5.76. The van der Waals surface area contributed by atoms with Crippen molar-refractivity contribution in [1.82, 2.24) is 20.3 Å². The molecule has 1 atom stereocenters. The Hall–Kier alpha value is -1.43. The van der Waals surface area contributed by atoms with Gasteiger partial charge in [-0.1, -0.05) is 25.5 Å². The van der Waals surface area contributed by atoms with Gasteiger partial charge in [0.2, 0.25) is 5.91 Å². The number of nitrogens with one attached hydrogen (secondary N) is 1. The van der Waals surface area contributed by atoms with Crippen LogP contribution in [0.5, 0.6) is 0 Å². The molecule has 1 heterocycles. The number of amides is 1. The first-order valence-corrected chi connectivity index (χ1v) is 6.84. The summed E-state index contributed by atoms with van der Waals surface area (Å²) in [5, 5.41) is 10.9. The van der Waals surface area contributed by atoms with E-state index in [0.29, 0.717) is 0 Å². The van der Waals surface area contributed by atoms with E-state index in [2.05, 4.69) is 22.6 Å². The summed E-state index contributed by atoms with van der Waals surface area (Å²) in [6.07, 6.45) is 4.49.